The van der Waals surface area contributed by atoms with Crippen LogP contribution in [-0.2, 0) is 9.05 Å². The fourth-order valence-corrected chi connectivity index (χ4v) is 3.17. The molecule has 17 heavy (non-hydrogen) atoms. The Labute approximate surface area is 119 Å². The number of hydrogen-bond donors (Lipinski definition) is 0. The normalized spacial score (nSPS) is 13.5. The lowest BCUT2D eigenvalue weighted by molar-refractivity contribution is 0.212. The van der Waals surface area contributed by atoms with Crippen LogP contribution in [-0.4, -0.2) is 14.5 Å². The van der Waals surface area contributed by atoms with Gasteiger partial charge < -0.3 is 4.74 Å². The van der Waals surface area contributed by atoms with Crippen LogP contribution in [0.5, 0.6) is 5.75 Å². The molecular weight excluding hydrogens is 351 g/mol. The standard InChI is InChI=1S/C10H11BrCl2O3S/c1-3-6(2)16-10-8(12)4-7(11)5-9(10)17(13,14)15/h4-6H,3H2,1-2H3. The topological polar surface area (TPSA) is 43.4 Å². The molecule has 0 aliphatic heterocycles. The van der Waals surface area contributed by atoms with E-state index in [4.69, 9.17) is 27.0 Å². The van der Waals surface area contributed by atoms with Crippen LogP contribution in [0.4, 0.5) is 0 Å². The summed E-state index contributed by atoms with van der Waals surface area (Å²) in [5, 5.41) is 0.207. The lowest BCUT2D eigenvalue weighted by atomic mass is 10.3. The van der Waals surface area contributed by atoms with Gasteiger partial charge in [-0.15, -0.1) is 0 Å². The summed E-state index contributed by atoms with van der Waals surface area (Å²) in [6, 6.07) is 2.93. The molecule has 0 aromatic heterocycles. The molecule has 96 valence electrons. The molecule has 0 N–H and O–H groups in total. The highest BCUT2D eigenvalue weighted by atomic mass is 79.9. The number of benzene rings is 1. The van der Waals surface area contributed by atoms with Gasteiger partial charge in [-0.25, -0.2) is 8.42 Å². The monoisotopic (exact) mass is 360 g/mol. The molecule has 0 aliphatic carbocycles. The Morgan fingerprint density at radius 1 is 1.47 bits per heavy atom. The predicted octanol–water partition coefficient (Wildman–Crippen LogP) is 4.21. The molecule has 0 heterocycles. The van der Waals surface area contributed by atoms with Crippen LogP contribution in [0.25, 0.3) is 0 Å². The van der Waals surface area contributed by atoms with Crippen LogP contribution in [0.1, 0.15) is 20.3 Å². The van der Waals surface area contributed by atoms with Gasteiger partial charge in [0, 0.05) is 15.2 Å². The van der Waals surface area contributed by atoms with Crippen LogP contribution in [0.3, 0.4) is 0 Å². The molecule has 3 nitrogen and oxygen atoms in total. The first-order chi connectivity index (χ1) is 7.75. The Balaban J connectivity index is 3.36. The molecule has 0 aliphatic rings. The van der Waals surface area contributed by atoms with Crippen molar-refractivity contribution in [1.82, 2.24) is 0 Å². The summed E-state index contributed by atoms with van der Waals surface area (Å²) in [5.41, 5.74) is 0. The van der Waals surface area contributed by atoms with Crippen LogP contribution in [0.2, 0.25) is 5.02 Å². The molecule has 7 heteroatoms. The van der Waals surface area contributed by atoms with Gasteiger partial charge in [0.15, 0.2) is 5.75 Å². The van der Waals surface area contributed by atoms with E-state index in [1.165, 1.54) is 6.07 Å². The summed E-state index contributed by atoms with van der Waals surface area (Å²) in [5.74, 6) is 0.0965. The molecule has 1 aromatic rings. The van der Waals surface area contributed by atoms with E-state index in [0.717, 1.165) is 6.42 Å². The fraction of sp³-hybridized carbons (Fsp3) is 0.400. The van der Waals surface area contributed by atoms with Crippen molar-refractivity contribution in [2.24, 2.45) is 0 Å². The van der Waals surface area contributed by atoms with Gasteiger partial charge >= 0.3 is 0 Å². The molecule has 0 fully saturated rings. The third-order valence-corrected chi connectivity index (χ3v) is 4.20. The van der Waals surface area contributed by atoms with E-state index in [-0.39, 0.29) is 21.8 Å². The molecule has 1 aromatic carbocycles. The van der Waals surface area contributed by atoms with E-state index in [1.54, 1.807) is 6.07 Å². The predicted molar refractivity (Wildman–Crippen MR) is 72.6 cm³/mol. The smallest absolute Gasteiger partial charge is 0.265 e. The zero-order valence-corrected chi connectivity index (χ0v) is 13.1. The highest BCUT2D eigenvalue weighted by Crippen LogP contribution is 2.37. The van der Waals surface area contributed by atoms with Crippen LogP contribution >= 0.6 is 38.2 Å². The minimum atomic E-state index is -3.90. The SMILES string of the molecule is CCC(C)Oc1c(Cl)cc(Br)cc1S(=O)(=O)Cl. The lowest BCUT2D eigenvalue weighted by Crippen LogP contribution is -2.12. The average molecular weight is 362 g/mol. The maximum absolute atomic E-state index is 11.4. The number of halogens is 3. The first kappa shape index (κ1) is 15.1. The number of ether oxygens (including phenoxy) is 1. The highest BCUT2D eigenvalue weighted by molar-refractivity contribution is 9.10. The maximum Gasteiger partial charge on any atom is 0.265 e. The van der Waals surface area contributed by atoms with E-state index in [0.29, 0.717) is 4.47 Å². The van der Waals surface area contributed by atoms with E-state index < -0.39 is 9.05 Å². The van der Waals surface area contributed by atoms with Crippen molar-refractivity contribution in [3.63, 3.8) is 0 Å². The van der Waals surface area contributed by atoms with Crippen molar-refractivity contribution in [2.75, 3.05) is 0 Å². The van der Waals surface area contributed by atoms with Crippen molar-refractivity contribution in [2.45, 2.75) is 31.3 Å². The zero-order chi connectivity index (χ0) is 13.2. The van der Waals surface area contributed by atoms with Gasteiger partial charge in [0.25, 0.3) is 9.05 Å². The summed E-state index contributed by atoms with van der Waals surface area (Å²) >= 11 is 9.12. The summed E-state index contributed by atoms with van der Waals surface area (Å²) in [4.78, 5) is -0.126. The zero-order valence-electron chi connectivity index (χ0n) is 9.21. The molecule has 1 unspecified atom stereocenters. The van der Waals surface area contributed by atoms with E-state index >= 15 is 0 Å². The van der Waals surface area contributed by atoms with Gasteiger partial charge in [0.05, 0.1) is 11.1 Å². The highest BCUT2D eigenvalue weighted by Gasteiger charge is 2.22. The molecule has 0 amide bonds. The minimum Gasteiger partial charge on any atom is -0.488 e. The van der Waals surface area contributed by atoms with Crippen LogP contribution in [0, 0.1) is 0 Å². The summed E-state index contributed by atoms with van der Waals surface area (Å²) in [6.45, 7) is 3.75. The van der Waals surface area contributed by atoms with Gasteiger partial charge in [-0.3, -0.25) is 0 Å². The molecule has 1 rings (SSSR count). The van der Waals surface area contributed by atoms with Gasteiger partial charge in [0.2, 0.25) is 0 Å². The second-order valence-corrected chi connectivity index (χ2v) is 7.35. The van der Waals surface area contributed by atoms with Crippen molar-refractivity contribution in [1.29, 1.82) is 0 Å². The molecule has 0 radical (unpaired) electrons. The van der Waals surface area contributed by atoms with Crippen molar-refractivity contribution >= 4 is 47.3 Å². The molecular formula is C10H11BrCl2O3S. The molecule has 0 saturated heterocycles. The van der Waals surface area contributed by atoms with Crippen molar-refractivity contribution in [3.05, 3.63) is 21.6 Å². The van der Waals surface area contributed by atoms with Gasteiger partial charge in [-0.05, 0) is 25.5 Å². The fourth-order valence-electron chi connectivity index (χ4n) is 1.12. The third kappa shape index (κ3) is 4.02. The van der Waals surface area contributed by atoms with Gasteiger partial charge in [0.1, 0.15) is 4.90 Å². The van der Waals surface area contributed by atoms with Crippen LogP contribution < -0.4 is 4.74 Å². The number of hydrogen-bond acceptors (Lipinski definition) is 3. The second-order valence-electron chi connectivity index (χ2n) is 3.49. The minimum absolute atomic E-state index is 0.0965. The quantitative estimate of drug-likeness (QED) is 0.754. The number of rotatable bonds is 4. The maximum atomic E-state index is 11.4. The molecule has 0 saturated carbocycles. The van der Waals surface area contributed by atoms with Crippen molar-refractivity contribution < 1.29 is 13.2 Å². The summed E-state index contributed by atoms with van der Waals surface area (Å²) < 4.78 is 28.9. The lowest BCUT2D eigenvalue weighted by Gasteiger charge is -2.16. The van der Waals surface area contributed by atoms with Gasteiger partial charge in [-0.1, -0.05) is 34.5 Å². The van der Waals surface area contributed by atoms with E-state index in [1.807, 2.05) is 13.8 Å². The first-order valence-electron chi connectivity index (χ1n) is 4.86. The Kier molecular flexibility index (Phi) is 5.13. The van der Waals surface area contributed by atoms with E-state index in [9.17, 15) is 8.42 Å². The Hall–Kier alpha value is 0.0300. The average Bonchev–Trinajstić information content (AvgIpc) is 2.19. The van der Waals surface area contributed by atoms with Crippen LogP contribution in [0.15, 0.2) is 21.5 Å². The summed E-state index contributed by atoms with van der Waals surface area (Å²) in [6.07, 6.45) is 0.583. The second kappa shape index (κ2) is 5.78. The summed E-state index contributed by atoms with van der Waals surface area (Å²) in [7, 11) is 1.45. The third-order valence-electron chi connectivity index (χ3n) is 2.13. The largest absolute Gasteiger partial charge is 0.488 e. The van der Waals surface area contributed by atoms with Gasteiger partial charge in [-0.2, -0.15) is 0 Å². The molecule has 1 atom stereocenters. The molecule has 0 spiro atoms. The van der Waals surface area contributed by atoms with E-state index in [2.05, 4.69) is 15.9 Å². The first-order valence-corrected chi connectivity index (χ1v) is 8.34. The molecule has 0 bridgehead atoms. The Morgan fingerprint density at radius 2 is 2.06 bits per heavy atom. The Morgan fingerprint density at radius 3 is 2.53 bits per heavy atom. The Bertz CT molecular complexity index is 517. The van der Waals surface area contributed by atoms with Crippen molar-refractivity contribution in [3.8, 4) is 5.75 Å².